The van der Waals surface area contributed by atoms with Crippen LogP contribution in [0.5, 0.6) is 0 Å². The van der Waals surface area contributed by atoms with Gasteiger partial charge in [-0.3, -0.25) is 14.4 Å². The van der Waals surface area contributed by atoms with E-state index in [4.69, 9.17) is 0 Å². The first-order valence-corrected chi connectivity index (χ1v) is 10.8. The predicted octanol–water partition coefficient (Wildman–Crippen LogP) is 3.89. The fraction of sp³-hybridized carbons (Fsp3) is 0.280. The average Bonchev–Trinajstić information content (AvgIpc) is 2.82. The number of nitrogens with one attached hydrogen (secondary N) is 3. The Bertz CT molecular complexity index is 1010. The van der Waals surface area contributed by atoms with Gasteiger partial charge in [0.15, 0.2) is 0 Å². The molecule has 0 heterocycles. The van der Waals surface area contributed by atoms with Gasteiger partial charge >= 0.3 is 11.8 Å². The van der Waals surface area contributed by atoms with Crippen LogP contribution in [0.3, 0.4) is 0 Å². The van der Waals surface area contributed by atoms with Crippen molar-refractivity contribution in [2.75, 3.05) is 5.32 Å². The largest absolute Gasteiger partial charge is 0.349 e. The van der Waals surface area contributed by atoms with Gasteiger partial charge in [-0.2, -0.15) is 5.10 Å². The molecule has 3 N–H and O–H groups in total. The van der Waals surface area contributed by atoms with E-state index in [0.717, 1.165) is 31.2 Å². The minimum Gasteiger partial charge on any atom is -0.349 e. The number of nitrogens with zero attached hydrogens (tertiary/aromatic N) is 1. The lowest BCUT2D eigenvalue weighted by atomic mass is 9.95. The second-order valence-corrected chi connectivity index (χ2v) is 7.75. The van der Waals surface area contributed by atoms with E-state index in [1.165, 1.54) is 6.42 Å². The third-order valence-corrected chi connectivity index (χ3v) is 5.22. The minimum atomic E-state index is -0.917. The highest BCUT2D eigenvalue weighted by atomic mass is 16.2. The van der Waals surface area contributed by atoms with E-state index in [-0.39, 0.29) is 17.6 Å². The summed E-state index contributed by atoms with van der Waals surface area (Å²) in [5.41, 5.74) is 4.37. The molecule has 0 bridgehead atoms. The van der Waals surface area contributed by atoms with Gasteiger partial charge in [0.2, 0.25) is 0 Å². The number of benzene rings is 2. The van der Waals surface area contributed by atoms with Gasteiger partial charge in [0.25, 0.3) is 5.91 Å². The van der Waals surface area contributed by atoms with Crippen LogP contribution in [0.25, 0.3) is 6.08 Å². The summed E-state index contributed by atoms with van der Waals surface area (Å²) < 4.78 is 0. The monoisotopic (exact) mass is 432 g/mol. The van der Waals surface area contributed by atoms with Crippen LogP contribution in [0, 0.1) is 0 Å². The van der Waals surface area contributed by atoms with Crippen molar-refractivity contribution in [3.05, 3.63) is 71.8 Å². The summed E-state index contributed by atoms with van der Waals surface area (Å²) in [6.45, 7) is 1.71. The smallest absolute Gasteiger partial charge is 0.329 e. The van der Waals surface area contributed by atoms with E-state index < -0.39 is 11.8 Å². The van der Waals surface area contributed by atoms with Crippen molar-refractivity contribution < 1.29 is 14.4 Å². The van der Waals surface area contributed by atoms with Crippen LogP contribution < -0.4 is 16.1 Å². The third-order valence-electron chi connectivity index (χ3n) is 5.22. The summed E-state index contributed by atoms with van der Waals surface area (Å²) >= 11 is 0. The summed E-state index contributed by atoms with van der Waals surface area (Å²) in [5, 5.41) is 9.46. The molecule has 0 saturated heterocycles. The Morgan fingerprint density at radius 2 is 1.59 bits per heavy atom. The zero-order valence-corrected chi connectivity index (χ0v) is 18.1. The summed E-state index contributed by atoms with van der Waals surface area (Å²) in [6, 6.07) is 16.4. The van der Waals surface area contributed by atoms with Crippen LogP contribution in [-0.2, 0) is 9.59 Å². The number of para-hydroxylation sites is 1. The molecular weight excluding hydrogens is 404 g/mol. The van der Waals surface area contributed by atoms with Gasteiger partial charge in [-0.1, -0.05) is 67.8 Å². The molecule has 0 aliphatic heterocycles. The Balaban J connectivity index is 1.57. The van der Waals surface area contributed by atoms with E-state index in [1.807, 2.05) is 36.4 Å². The molecule has 32 heavy (non-hydrogen) atoms. The maximum Gasteiger partial charge on any atom is 0.329 e. The van der Waals surface area contributed by atoms with Gasteiger partial charge < -0.3 is 10.6 Å². The number of anilines is 1. The number of hydrogen-bond acceptors (Lipinski definition) is 4. The number of hydrazone groups is 1. The molecular formula is C25H28N4O3. The van der Waals surface area contributed by atoms with Crippen molar-refractivity contribution in [2.24, 2.45) is 5.10 Å². The number of allylic oxidation sites excluding steroid dienone is 1. The maximum absolute atomic E-state index is 12.7. The number of amides is 3. The lowest BCUT2D eigenvalue weighted by Gasteiger charge is -2.23. The zero-order valence-electron chi connectivity index (χ0n) is 18.1. The Hall–Kier alpha value is -3.74. The molecule has 3 rings (SSSR count). The molecule has 0 radical (unpaired) electrons. The molecule has 2 aromatic carbocycles. The summed E-state index contributed by atoms with van der Waals surface area (Å²) in [6.07, 6.45) is 8.90. The van der Waals surface area contributed by atoms with E-state index in [2.05, 4.69) is 21.2 Å². The van der Waals surface area contributed by atoms with Gasteiger partial charge in [-0.25, -0.2) is 5.43 Å². The summed E-state index contributed by atoms with van der Waals surface area (Å²) in [4.78, 5) is 37.2. The van der Waals surface area contributed by atoms with Gasteiger partial charge in [0, 0.05) is 6.04 Å². The SMILES string of the molecule is CC(/C=C/c1ccccc1)=N\NC(=O)C(=O)Nc1ccccc1C(=O)NC1CCCCC1. The average molecular weight is 433 g/mol. The van der Waals surface area contributed by atoms with Crippen LogP contribution in [0.15, 0.2) is 65.8 Å². The fourth-order valence-electron chi connectivity index (χ4n) is 3.49. The molecule has 3 amide bonds. The maximum atomic E-state index is 12.7. The molecule has 166 valence electrons. The molecule has 0 spiro atoms. The van der Waals surface area contributed by atoms with Crippen molar-refractivity contribution in [1.82, 2.24) is 10.7 Å². The van der Waals surface area contributed by atoms with Crippen molar-refractivity contribution in [3.63, 3.8) is 0 Å². The number of rotatable bonds is 6. The molecule has 1 fully saturated rings. The Morgan fingerprint density at radius 3 is 2.34 bits per heavy atom. The molecule has 0 unspecified atom stereocenters. The van der Waals surface area contributed by atoms with Crippen molar-refractivity contribution >= 4 is 35.2 Å². The Labute approximate surface area is 188 Å². The highest BCUT2D eigenvalue weighted by Gasteiger charge is 2.20. The van der Waals surface area contributed by atoms with E-state index in [1.54, 1.807) is 37.3 Å². The second kappa shape index (κ2) is 11.6. The molecule has 7 heteroatoms. The Kier molecular flexibility index (Phi) is 8.31. The van der Waals surface area contributed by atoms with E-state index >= 15 is 0 Å². The summed E-state index contributed by atoms with van der Waals surface area (Å²) in [5.74, 6) is -2.07. The molecule has 1 saturated carbocycles. The molecule has 1 aliphatic rings. The molecule has 0 atom stereocenters. The van der Waals surface area contributed by atoms with Gasteiger partial charge in [0.1, 0.15) is 0 Å². The zero-order chi connectivity index (χ0) is 22.8. The summed E-state index contributed by atoms with van der Waals surface area (Å²) in [7, 11) is 0. The quantitative estimate of drug-likeness (QED) is 0.367. The predicted molar refractivity (Wildman–Crippen MR) is 126 cm³/mol. The fourth-order valence-corrected chi connectivity index (χ4v) is 3.49. The first-order valence-electron chi connectivity index (χ1n) is 10.8. The van der Waals surface area contributed by atoms with Gasteiger partial charge in [-0.05, 0) is 43.5 Å². The van der Waals surface area contributed by atoms with Crippen LogP contribution >= 0.6 is 0 Å². The van der Waals surface area contributed by atoms with Crippen molar-refractivity contribution in [2.45, 2.75) is 45.1 Å². The van der Waals surface area contributed by atoms with Gasteiger partial charge in [0.05, 0.1) is 17.0 Å². The number of hydrogen-bond donors (Lipinski definition) is 3. The number of carbonyl (C=O) groups is 3. The van der Waals surface area contributed by atoms with Crippen LogP contribution in [0.4, 0.5) is 5.69 Å². The highest BCUT2D eigenvalue weighted by molar-refractivity contribution is 6.40. The molecule has 7 nitrogen and oxygen atoms in total. The lowest BCUT2D eigenvalue weighted by molar-refractivity contribution is -0.136. The van der Waals surface area contributed by atoms with Crippen molar-refractivity contribution in [3.8, 4) is 0 Å². The molecule has 1 aliphatic carbocycles. The Morgan fingerprint density at radius 1 is 0.906 bits per heavy atom. The lowest BCUT2D eigenvalue weighted by Crippen LogP contribution is -2.37. The van der Waals surface area contributed by atoms with Crippen LogP contribution in [0.1, 0.15) is 54.9 Å². The van der Waals surface area contributed by atoms with E-state index in [0.29, 0.717) is 11.3 Å². The van der Waals surface area contributed by atoms with E-state index in [9.17, 15) is 14.4 Å². The van der Waals surface area contributed by atoms with Crippen LogP contribution in [0.2, 0.25) is 0 Å². The minimum absolute atomic E-state index is 0.143. The normalized spacial score (nSPS) is 14.7. The molecule has 2 aromatic rings. The van der Waals surface area contributed by atoms with Crippen molar-refractivity contribution in [1.29, 1.82) is 0 Å². The third kappa shape index (κ3) is 6.91. The first kappa shape index (κ1) is 22.9. The highest BCUT2D eigenvalue weighted by Crippen LogP contribution is 2.20. The molecule has 0 aromatic heterocycles. The first-order chi connectivity index (χ1) is 15.5. The van der Waals surface area contributed by atoms with Crippen LogP contribution in [-0.4, -0.2) is 29.5 Å². The second-order valence-electron chi connectivity index (χ2n) is 7.75. The standard InChI is InChI=1S/C25H28N4O3/c1-18(16-17-19-10-4-2-5-11-19)28-29-25(32)24(31)27-22-15-9-8-14-21(22)23(30)26-20-12-6-3-7-13-20/h2,4-5,8-11,14-17,20H,3,6-7,12-13H2,1H3,(H,26,30)(H,27,31)(H,29,32)/b17-16+,28-18+. The topological polar surface area (TPSA) is 99.7 Å². The van der Waals surface area contributed by atoms with Gasteiger partial charge in [-0.15, -0.1) is 0 Å². The number of carbonyl (C=O) groups excluding carboxylic acids is 3.